The summed E-state index contributed by atoms with van der Waals surface area (Å²) >= 11 is 3.26. The third kappa shape index (κ3) is 5.85. The van der Waals surface area contributed by atoms with Crippen molar-refractivity contribution in [1.82, 2.24) is 20.0 Å². The quantitative estimate of drug-likeness (QED) is 0.863. The first-order valence-electron chi connectivity index (χ1n) is 7.69. The lowest BCUT2D eigenvalue weighted by atomic mass is 10.1. The van der Waals surface area contributed by atoms with Crippen molar-refractivity contribution in [2.45, 2.75) is 51.8 Å². The van der Waals surface area contributed by atoms with Crippen molar-refractivity contribution in [1.29, 1.82) is 0 Å². The molecular formula is C15H23BrN4O3. The predicted molar refractivity (Wildman–Crippen MR) is 88.9 cm³/mol. The van der Waals surface area contributed by atoms with E-state index in [1.165, 1.54) is 0 Å². The minimum absolute atomic E-state index is 0.00344. The topological polar surface area (TPSA) is 76.5 Å². The van der Waals surface area contributed by atoms with Gasteiger partial charge in [-0.05, 0) is 55.6 Å². The molecule has 0 spiro atoms. The van der Waals surface area contributed by atoms with Gasteiger partial charge in [-0.15, -0.1) is 0 Å². The van der Waals surface area contributed by atoms with Crippen LogP contribution in [0.3, 0.4) is 0 Å². The minimum atomic E-state index is -0.526. The zero-order valence-electron chi connectivity index (χ0n) is 13.7. The molecule has 8 heteroatoms. The van der Waals surface area contributed by atoms with Gasteiger partial charge < -0.3 is 15.0 Å². The Hall–Kier alpha value is -1.57. The number of amides is 2. The molecule has 1 N–H and O–H groups in total. The van der Waals surface area contributed by atoms with Gasteiger partial charge in [0.05, 0.1) is 0 Å². The maximum atomic E-state index is 12.3. The lowest BCUT2D eigenvalue weighted by Gasteiger charge is -2.33. The maximum Gasteiger partial charge on any atom is 0.407 e. The summed E-state index contributed by atoms with van der Waals surface area (Å²) in [6.45, 7) is 6.88. The lowest BCUT2D eigenvalue weighted by molar-refractivity contribution is -0.133. The van der Waals surface area contributed by atoms with Crippen molar-refractivity contribution in [3.63, 3.8) is 0 Å². The highest BCUT2D eigenvalue weighted by Crippen LogP contribution is 2.13. The summed E-state index contributed by atoms with van der Waals surface area (Å²) in [5.41, 5.74) is -0.526. The Morgan fingerprint density at radius 1 is 1.48 bits per heavy atom. The van der Waals surface area contributed by atoms with Crippen LogP contribution in [0.5, 0.6) is 0 Å². The molecule has 1 aromatic rings. The van der Waals surface area contributed by atoms with E-state index in [0.717, 1.165) is 12.8 Å². The fraction of sp³-hybridized carbons (Fsp3) is 0.667. The van der Waals surface area contributed by atoms with Gasteiger partial charge in [-0.3, -0.25) is 9.48 Å². The van der Waals surface area contributed by atoms with E-state index in [1.54, 1.807) is 21.8 Å². The Labute approximate surface area is 144 Å². The number of aromatic nitrogens is 2. The van der Waals surface area contributed by atoms with Crippen LogP contribution in [-0.4, -0.2) is 51.4 Å². The third-order valence-electron chi connectivity index (χ3n) is 3.40. The molecule has 0 aromatic carbocycles. The number of hydrogen-bond donors (Lipinski definition) is 1. The van der Waals surface area contributed by atoms with Gasteiger partial charge in [0.15, 0.2) is 0 Å². The van der Waals surface area contributed by atoms with Gasteiger partial charge in [-0.25, -0.2) is 4.79 Å². The summed E-state index contributed by atoms with van der Waals surface area (Å²) < 4.78 is 7.56. The number of halogens is 1. The molecule has 2 rings (SSSR count). The summed E-state index contributed by atoms with van der Waals surface area (Å²) in [5.74, 6) is -0.00344. The van der Waals surface area contributed by atoms with E-state index in [0.29, 0.717) is 17.7 Å². The average Bonchev–Trinajstić information content (AvgIpc) is 2.82. The SMILES string of the molecule is CC(C)(C)OC(=O)N[C@@H]1CCCN(C(=O)Cn2ccc(Br)n2)C1. The van der Waals surface area contributed by atoms with Crippen LogP contribution in [0.1, 0.15) is 33.6 Å². The Bertz CT molecular complexity index is 567. The van der Waals surface area contributed by atoms with E-state index in [9.17, 15) is 9.59 Å². The first-order valence-corrected chi connectivity index (χ1v) is 8.48. The standard InChI is InChI=1S/C15H23BrN4O3/c1-15(2,3)23-14(22)17-11-5-4-7-19(9-11)13(21)10-20-8-6-12(16)18-20/h6,8,11H,4-5,7,9-10H2,1-3H3,(H,17,22)/t11-/m1/s1. The maximum absolute atomic E-state index is 12.3. The second-order valence-electron chi connectivity index (χ2n) is 6.66. The molecule has 2 heterocycles. The van der Waals surface area contributed by atoms with E-state index in [-0.39, 0.29) is 18.5 Å². The normalized spacial score (nSPS) is 18.6. The molecule has 0 bridgehead atoms. The zero-order valence-corrected chi connectivity index (χ0v) is 15.3. The van der Waals surface area contributed by atoms with Crippen LogP contribution in [0, 0.1) is 0 Å². The molecule has 1 atom stereocenters. The number of rotatable bonds is 3. The molecule has 128 valence electrons. The predicted octanol–water partition coefficient (Wildman–Crippen LogP) is 2.16. The number of piperidine rings is 1. The van der Waals surface area contributed by atoms with Gasteiger partial charge in [0.1, 0.15) is 16.7 Å². The van der Waals surface area contributed by atoms with Crippen LogP contribution in [0.2, 0.25) is 0 Å². The number of likely N-dealkylation sites (tertiary alicyclic amines) is 1. The molecule has 0 saturated carbocycles. The molecule has 1 fully saturated rings. The fourth-order valence-electron chi connectivity index (χ4n) is 2.46. The highest BCUT2D eigenvalue weighted by Gasteiger charge is 2.26. The van der Waals surface area contributed by atoms with Gasteiger partial charge in [-0.2, -0.15) is 5.10 Å². The third-order valence-corrected chi connectivity index (χ3v) is 3.82. The van der Waals surface area contributed by atoms with E-state index >= 15 is 0 Å². The van der Waals surface area contributed by atoms with E-state index in [4.69, 9.17) is 4.74 Å². The van der Waals surface area contributed by atoms with Gasteiger partial charge in [-0.1, -0.05) is 0 Å². The molecular weight excluding hydrogens is 364 g/mol. The van der Waals surface area contributed by atoms with Crippen molar-refractivity contribution >= 4 is 27.9 Å². The first kappa shape index (κ1) is 17.8. The van der Waals surface area contributed by atoms with Crippen LogP contribution in [0.4, 0.5) is 4.79 Å². The van der Waals surface area contributed by atoms with E-state index in [2.05, 4.69) is 26.3 Å². The molecule has 1 saturated heterocycles. The highest BCUT2D eigenvalue weighted by atomic mass is 79.9. The molecule has 0 radical (unpaired) electrons. The summed E-state index contributed by atoms with van der Waals surface area (Å²) in [5, 5.41) is 6.99. The molecule has 1 aromatic heterocycles. The Kier molecular flexibility index (Phi) is 5.67. The first-order chi connectivity index (χ1) is 10.7. The fourth-order valence-corrected chi connectivity index (χ4v) is 2.78. The molecule has 0 aliphatic carbocycles. The zero-order chi connectivity index (χ0) is 17.0. The van der Waals surface area contributed by atoms with Crippen molar-refractivity contribution in [3.05, 3.63) is 16.9 Å². The largest absolute Gasteiger partial charge is 0.444 e. The number of nitrogens with one attached hydrogen (secondary N) is 1. The summed E-state index contributed by atoms with van der Waals surface area (Å²) in [7, 11) is 0. The smallest absolute Gasteiger partial charge is 0.407 e. The number of alkyl carbamates (subject to hydrolysis) is 1. The lowest BCUT2D eigenvalue weighted by Crippen LogP contribution is -2.51. The van der Waals surface area contributed by atoms with Crippen LogP contribution in [0.25, 0.3) is 0 Å². The molecule has 2 amide bonds. The van der Waals surface area contributed by atoms with Crippen LogP contribution < -0.4 is 5.32 Å². The summed E-state index contributed by atoms with van der Waals surface area (Å²) in [6, 6.07) is 1.71. The number of nitrogens with zero attached hydrogens (tertiary/aromatic N) is 3. The van der Waals surface area contributed by atoms with Crippen molar-refractivity contribution in [3.8, 4) is 0 Å². The van der Waals surface area contributed by atoms with Crippen molar-refractivity contribution < 1.29 is 14.3 Å². The van der Waals surface area contributed by atoms with Gasteiger partial charge in [0, 0.05) is 25.3 Å². The monoisotopic (exact) mass is 386 g/mol. The number of carbonyl (C=O) groups is 2. The van der Waals surface area contributed by atoms with Gasteiger partial charge in [0.25, 0.3) is 0 Å². The number of ether oxygens (including phenoxy) is 1. The summed E-state index contributed by atoms with van der Waals surface area (Å²) in [4.78, 5) is 25.9. The Morgan fingerprint density at radius 2 is 2.22 bits per heavy atom. The van der Waals surface area contributed by atoms with Crippen molar-refractivity contribution in [2.75, 3.05) is 13.1 Å². The molecule has 7 nitrogen and oxygen atoms in total. The number of hydrogen-bond acceptors (Lipinski definition) is 4. The highest BCUT2D eigenvalue weighted by molar-refractivity contribution is 9.10. The van der Waals surface area contributed by atoms with E-state index in [1.807, 2.05) is 20.8 Å². The number of carbonyl (C=O) groups excluding carboxylic acids is 2. The van der Waals surface area contributed by atoms with Crippen LogP contribution in [0.15, 0.2) is 16.9 Å². The average molecular weight is 387 g/mol. The Balaban J connectivity index is 1.85. The molecule has 0 unspecified atom stereocenters. The van der Waals surface area contributed by atoms with Crippen molar-refractivity contribution in [2.24, 2.45) is 0 Å². The Morgan fingerprint density at radius 3 is 2.83 bits per heavy atom. The minimum Gasteiger partial charge on any atom is -0.444 e. The van der Waals surface area contributed by atoms with Gasteiger partial charge >= 0.3 is 6.09 Å². The second-order valence-corrected chi connectivity index (χ2v) is 7.47. The van der Waals surface area contributed by atoms with Gasteiger partial charge in [0.2, 0.25) is 5.91 Å². The van der Waals surface area contributed by atoms with E-state index < -0.39 is 11.7 Å². The van der Waals surface area contributed by atoms with Crippen LogP contribution in [-0.2, 0) is 16.1 Å². The van der Waals surface area contributed by atoms with Crippen LogP contribution >= 0.6 is 15.9 Å². The summed E-state index contributed by atoms with van der Waals surface area (Å²) in [6.07, 6.45) is 3.01. The molecule has 23 heavy (non-hydrogen) atoms. The second kappa shape index (κ2) is 7.33. The molecule has 1 aliphatic heterocycles. The molecule has 1 aliphatic rings.